The van der Waals surface area contributed by atoms with Gasteiger partial charge in [-0.2, -0.15) is 0 Å². The fourth-order valence-electron chi connectivity index (χ4n) is 2.15. The molecule has 0 aliphatic carbocycles. The van der Waals surface area contributed by atoms with Gasteiger partial charge in [0.15, 0.2) is 0 Å². The summed E-state index contributed by atoms with van der Waals surface area (Å²) in [5, 5.41) is 0. The van der Waals surface area contributed by atoms with Gasteiger partial charge in [0.25, 0.3) is 0 Å². The van der Waals surface area contributed by atoms with E-state index in [2.05, 4.69) is 6.58 Å². The molecule has 0 saturated carbocycles. The third kappa shape index (κ3) is 12.8. The monoisotopic (exact) mass is 319 g/mol. The molecule has 124 valence electrons. The van der Waals surface area contributed by atoms with Gasteiger partial charge in [-0.25, -0.2) is 0 Å². The topological polar surface area (TPSA) is 77.8 Å². The summed E-state index contributed by atoms with van der Waals surface area (Å²) in [5.74, 6) is 0.0139. The molecule has 0 unspecified atom stereocenters. The molecular formula is C15H30NO4P. The van der Waals surface area contributed by atoms with Gasteiger partial charge in [0, 0.05) is 25.3 Å². The minimum Gasteiger partial charge on any atom is -0.342 e. The average molecular weight is 319 g/mol. The molecule has 0 aromatic rings. The van der Waals surface area contributed by atoms with E-state index in [1.54, 1.807) is 18.9 Å². The highest BCUT2D eigenvalue weighted by atomic mass is 31.2. The van der Waals surface area contributed by atoms with Gasteiger partial charge in [-0.05, 0) is 19.8 Å². The number of hydrogen-bond donors (Lipinski definition) is 2. The van der Waals surface area contributed by atoms with Crippen molar-refractivity contribution in [3.05, 3.63) is 12.2 Å². The average Bonchev–Trinajstić information content (AvgIpc) is 2.38. The second-order valence-electron chi connectivity index (χ2n) is 5.72. The summed E-state index contributed by atoms with van der Waals surface area (Å²) in [7, 11) is -2.00. The lowest BCUT2D eigenvalue weighted by Crippen LogP contribution is -2.27. The van der Waals surface area contributed by atoms with E-state index >= 15 is 0 Å². The van der Waals surface area contributed by atoms with Gasteiger partial charge < -0.3 is 14.7 Å². The molecule has 6 heteroatoms. The number of nitrogens with zero attached hydrogens (tertiary/aromatic N) is 1. The third-order valence-corrected chi connectivity index (χ3v) is 4.30. The number of likely N-dealkylation sites (N-methyl/N-ethyl adjacent to an activating group) is 1. The van der Waals surface area contributed by atoms with E-state index in [1.165, 1.54) is 0 Å². The molecule has 0 fully saturated rings. The van der Waals surface area contributed by atoms with E-state index < -0.39 is 7.60 Å². The molecule has 1 amide bonds. The van der Waals surface area contributed by atoms with Crippen LogP contribution in [0.25, 0.3) is 0 Å². The van der Waals surface area contributed by atoms with Crippen LogP contribution in [0.3, 0.4) is 0 Å². The van der Waals surface area contributed by atoms with Crippen molar-refractivity contribution in [2.24, 2.45) is 0 Å². The van der Waals surface area contributed by atoms with E-state index in [4.69, 9.17) is 9.79 Å². The first kappa shape index (κ1) is 20.4. The van der Waals surface area contributed by atoms with Crippen LogP contribution in [-0.4, -0.2) is 40.3 Å². The molecule has 0 bridgehead atoms. The molecule has 0 heterocycles. The Morgan fingerprint density at radius 2 is 1.43 bits per heavy atom. The van der Waals surface area contributed by atoms with Gasteiger partial charge >= 0.3 is 7.60 Å². The molecule has 0 aliphatic rings. The van der Waals surface area contributed by atoms with Crippen LogP contribution in [0, 0.1) is 0 Å². The first-order chi connectivity index (χ1) is 9.74. The smallest absolute Gasteiger partial charge is 0.325 e. The van der Waals surface area contributed by atoms with Gasteiger partial charge in [0.1, 0.15) is 0 Å². The Bertz CT molecular complexity index is 365. The molecule has 0 rings (SSSR count). The maximum absolute atomic E-state index is 11.6. The molecule has 2 N–H and O–H groups in total. The maximum atomic E-state index is 11.6. The van der Waals surface area contributed by atoms with Crippen LogP contribution in [0.5, 0.6) is 0 Å². The second kappa shape index (κ2) is 11.0. The molecule has 0 aromatic heterocycles. The molecule has 0 aromatic carbocycles. The molecule has 0 radical (unpaired) electrons. The highest BCUT2D eigenvalue weighted by Gasteiger charge is 2.11. The largest absolute Gasteiger partial charge is 0.342 e. The van der Waals surface area contributed by atoms with Gasteiger partial charge in [0.2, 0.25) is 5.91 Å². The van der Waals surface area contributed by atoms with E-state index in [0.29, 0.717) is 12.0 Å². The lowest BCUT2D eigenvalue weighted by Gasteiger charge is -2.16. The minimum atomic E-state index is -3.80. The summed E-state index contributed by atoms with van der Waals surface area (Å²) >= 11 is 0. The predicted octanol–water partition coefficient (Wildman–Crippen LogP) is 3.32. The van der Waals surface area contributed by atoms with Crippen LogP contribution in [0.4, 0.5) is 0 Å². The first-order valence-corrected chi connectivity index (χ1v) is 9.49. The Labute approximate surface area is 128 Å². The Morgan fingerprint density at radius 3 is 1.86 bits per heavy atom. The molecule has 0 saturated heterocycles. The number of unbranched alkanes of at least 4 members (excludes halogenated alkanes) is 7. The summed E-state index contributed by atoms with van der Waals surface area (Å²) in [5.41, 5.74) is 0.577. The Hall–Kier alpha value is -0.640. The molecule has 0 aliphatic heterocycles. The van der Waals surface area contributed by atoms with Crippen molar-refractivity contribution in [2.45, 2.75) is 58.3 Å². The van der Waals surface area contributed by atoms with Crippen molar-refractivity contribution in [2.75, 3.05) is 19.8 Å². The van der Waals surface area contributed by atoms with E-state index in [-0.39, 0.29) is 12.1 Å². The van der Waals surface area contributed by atoms with Crippen LogP contribution < -0.4 is 0 Å². The predicted molar refractivity (Wildman–Crippen MR) is 86.3 cm³/mol. The maximum Gasteiger partial charge on any atom is 0.325 e. The van der Waals surface area contributed by atoms with Gasteiger partial charge in [-0.1, -0.05) is 45.1 Å². The van der Waals surface area contributed by atoms with Crippen LogP contribution >= 0.6 is 7.60 Å². The fraction of sp³-hybridized carbons (Fsp3) is 0.800. The number of hydrogen-bond acceptors (Lipinski definition) is 2. The SMILES string of the molecule is C=C(C)C(=O)N(C)CCCCCCCCCCP(=O)(O)O. The van der Waals surface area contributed by atoms with Crippen LogP contribution in [0.1, 0.15) is 58.3 Å². The second-order valence-corrected chi connectivity index (χ2v) is 7.50. The zero-order valence-electron chi connectivity index (χ0n) is 13.4. The first-order valence-electron chi connectivity index (χ1n) is 7.69. The van der Waals surface area contributed by atoms with Crippen molar-refractivity contribution >= 4 is 13.5 Å². The van der Waals surface area contributed by atoms with E-state index in [9.17, 15) is 9.36 Å². The van der Waals surface area contributed by atoms with Crippen molar-refractivity contribution in [3.8, 4) is 0 Å². The lowest BCUT2D eigenvalue weighted by atomic mass is 10.1. The summed E-state index contributed by atoms with van der Waals surface area (Å²) in [6.45, 7) is 6.14. The fourth-order valence-corrected chi connectivity index (χ4v) is 2.79. The highest BCUT2D eigenvalue weighted by Crippen LogP contribution is 2.35. The number of amides is 1. The Balaban J connectivity index is 3.35. The van der Waals surface area contributed by atoms with Gasteiger partial charge in [-0.3, -0.25) is 9.36 Å². The molecule has 0 atom stereocenters. The van der Waals surface area contributed by atoms with Crippen molar-refractivity contribution in [1.29, 1.82) is 0 Å². The van der Waals surface area contributed by atoms with Crippen LogP contribution in [0.2, 0.25) is 0 Å². The van der Waals surface area contributed by atoms with Gasteiger partial charge in [-0.15, -0.1) is 0 Å². The molecule has 21 heavy (non-hydrogen) atoms. The molecule has 5 nitrogen and oxygen atoms in total. The van der Waals surface area contributed by atoms with Crippen molar-refractivity contribution < 1.29 is 19.1 Å². The van der Waals surface area contributed by atoms with Crippen molar-refractivity contribution in [3.63, 3.8) is 0 Å². The zero-order chi connectivity index (χ0) is 16.3. The summed E-state index contributed by atoms with van der Waals surface area (Å²) < 4.78 is 10.6. The van der Waals surface area contributed by atoms with E-state index in [1.807, 2.05) is 0 Å². The minimum absolute atomic E-state index is 0.0100. The number of carbonyl (C=O) groups is 1. The Morgan fingerprint density at radius 1 is 1.00 bits per heavy atom. The lowest BCUT2D eigenvalue weighted by molar-refractivity contribution is -0.125. The standard InChI is InChI=1S/C15H30NO4P/c1-14(2)15(17)16(3)12-10-8-6-4-5-7-9-11-13-21(18,19)20/h1,4-13H2,2-3H3,(H2,18,19,20). The van der Waals surface area contributed by atoms with Gasteiger partial charge in [0.05, 0.1) is 0 Å². The summed E-state index contributed by atoms with van der Waals surface area (Å²) in [6.07, 6.45) is 8.07. The van der Waals surface area contributed by atoms with Crippen molar-refractivity contribution in [1.82, 2.24) is 4.90 Å². The highest BCUT2D eigenvalue weighted by molar-refractivity contribution is 7.51. The Kier molecular flexibility index (Phi) is 10.7. The zero-order valence-corrected chi connectivity index (χ0v) is 14.3. The van der Waals surface area contributed by atoms with Crippen LogP contribution in [-0.2, 0) is 9.36 Å². The summed E-state index contributed by atoms with van der Waals surface area (Å²) in [6, 6.07) is 0. The summed E-state index contributed by atoms with van der Waals surface area (Å²) in [4.78, 5) is 30.7. The number of carbonyl (C=O) groups excluding carboxylic acids is 1. The van der Waals surface area contributed by atoms with E-state index in [0.717, 1.165) is 51.5 Å². The number of rotatable bonds is 12. The quantitative estimate of drug-likeness (QED) is 0.329. The van der Waals surface area contributed by atoms with Crippen LogP contribution in [0.15, 0.2) is 12.2 Å². The molecular weight excluding hydrogens is 289 g/mol. The molecule has 0 spiro atoms. The normalized spacial score (nSPS) is 11.4. The third-order valence-electron chi connectivity index (χ3n) is 3.40.